The average molecular weight is 479 g/mol. The second-order valence-electron chi connectivity index (χ2n) is 8.04. The number of rotatable bonds is 6. The molecule has 1 saturated heterocycles. The number of aromatic nitrogens is 1. The van der Waals surface area contributed by atoms with Crippen LogP contribution in [0.1, 0.15) is 46.4 Å². The van der Waals surface area contributed by atoms with Crippen LogP contribution in [0.4, 0.5) is 11.4 Å². The van der Waals surface area contributed by atoms with Gasteiger partial charge in [0.15, 0.2) is 0 Å². The van der Waals surface area contributed by atoms with E-state index in [0.29, 0.717) is 24.5 Å². The first-order chi connectivity index (χ1) is 16.4. The molecule has 1 aliphatic rings. The highest BCUT2D eigenvalue weighted by Crippen LogP contribution is 2.23. The largest absolute Gasteiger partial charge is 0.321 e. The Bertz CT molecular complexity index is 1270. The van der Waals surface area contributed by atoms with Crippen molar-refractivity contribution in [2.45, 2.75) is 30.6 Å². The van der Waals surface area contributed by atoms with Crippen molar-refractivity contribution < 1.29 is 18.0 Å². The van der Waals surface area contributed by atoms with E-state index in [0.717, 1.165) is 25.7 Å². The van der Waals surface area contributed by atoms with Crippen LogP contribution in [0.15, 0.2) is 78.0 Å². The van der Waals surface area contributed by atoms with E-state index in [4.69, 9.17) is 0 Å². The van der Waals surface area contributed by atoms with E-state index in [9.17, 15) is 18.0 Å². The summed E-state index contributed by atoms with van der Waals surface area (Å²) in [5.41, 5.74) is 1.31. The van der Waals surface area contributed by atoms with Gasteiger partial charge in [-0.25, -0.2) is 8.42 Å². The molecule has 34 heavy (non-hydrogen) atoms. The Labute approximate surface area is 199 Å². The summed E-state index contributed by atoms with van der Waals surface area (Å²) >= 11 is 0. The first-order valence-corrected chi connectivity index (χ1v) is 12.6. The minimum absolute atomic E-state index is 0.0876. The number of carbonyl (C=O) groups excluding carboxylic acids is 2. The van der Waals surface area contributed by atoms with E-state index in [1.807, 2.05) is 0 Å². The fraction of sp³-hybridized carbons (Fsp3) is 0.240. The van der Waals surface area contributed by atoms with Crippen LogP contribution in [0.2, 0.25) is 0 Å². The zero-order valence-corrected chi connectivity index (χ0v) is 19.4. The lowest BCUT2D eigenvalue weighted by Crippen LogP contribution is -2.32. The number of nitrogens with zero attached hydrogens (tertiary/aromatic N) is 2. The van der Waals surface area contributed by atoms with Crippen LogP contribution in [0.5, 0.6) is 0 Å². The number of carbonyl (C=O) groups is 2. The van der Waals surface area contributed by atoms with E-state index < -0.39 is 21.8 Å². The van der Waals surface area contributed by atoms with Gasteiger partial charge in [0.05, 0.1) is 28.0 Å². The predicted molar refractivity (Wildman–Crippen MR) is 130 cm³/mol. The van der Waals surface area contributed by atoms with Crippen molar-refractivity contribution in [3.05, 3.63) is 84.2 Å². The van der Waals surface area contributed by atoms with E-state index in [-0.39, 0.29) is 16.0 Å². The molecular weight excluding hydrogens is 452 g/mol. The monoisotopic (exact) mass is 478 g/mol. The average Bonchev–Trinajstić information content (AvgIpc) is 3.15. The van der Waals surface area contributed by atoms with Crippen molar-refractivity contribution in [1.29, 1.82) is 0 Å². The number of benzene rings is 2. The minimum Gasteiger partial charge on any atom is -0.321 e. The second kappa shape index (κ2) is 10.6. The van der Waals surface area contributed by atoms with Crippen LogP contribution in [-0.4, -0.2) is 42.6 Å². The molecule has 0 atom stereocenters. The zero-order chi connectivity index (χ0) is 24.0. The molecule has 9 heteroatoms. The Kier molecular flexibility index (Phi) is 7.34. The number of pyridine rings is 1. The molecule has 3 aromatic rings. The Hall–Kier alpha value is -3.56. The lowest BCUT2D eigenvalue weighted by atomic mass is 10.1. The molecule has 0 spiro atoms. The minimum atomic E-state index is -3.69. The summed E-state index contributed by atoms with van der Waals surface area (Å²) < 4.78 is 27.7. The number of hydrogen-bond donors (Lipinski definition) is 2. The molecule has 0 saturated carbocycles. The standard InChI is InChI=1S/C25H26N4O4S/c30-24(19-9-7-11-21(17-19)34(32,33)29-15-5-1-2-6-16-29)28-23-13-4-3-12-22(23)25(31)27-20-10-8-14-26-18-20/h3-4,7-14,17-18H,1-2,5-6,15-16H2,(H,27,31)(H,28,30). The van der Waals surface area contributed by atoms with Crippen LogP contribution in [-0.2, 0) is 10.0 Å². The van der Waals surface area contributed by atoms with E-state index in [1.165, 1.54) is 22.6 Å². The quantitative estimate of drug-likeness (QED) is 0.553. The van der Waals surface area contributed by atoms with Crippen molar-refractivity contribution in [2.24, 2.45) is 0 Å². The molecule has 0 aliphatic carbocycles. The summed E-state index contributed by atoms with van der Waals surface area (Å²) in [5.74, 6) is -0.907. The van der Waals surface area contributed by atoms with Crippen LogP contribution < -0.4 is 10.6 Å². The summed E-state index contributed by atoms with van der Waals surface area (Å²) in [6.07, 6.45) is 6.82. The van der Waals surface area contributed by atoms with Crippen LogP contribution in [0, 0.1) is 0 Å². The molecule has 2 N–H and O–H groups in total. The van der Waals surface area contributed by atoms with Gasteiger partial charge >= 0.3 is 0 Å². The molecule has 8 nitrogen and oxygen atoms in total. The molecule has 2 aromatic carbocycles. The maximum atomic E-state index is 13.1. The summed E-state index contributed by atoms with van der Waals surface area (Å²) in [5, 5.41) is 5.48. The van der Waals surface area contributed by atoms with Gasteiger partial charge in [0.25, 0.3) is 11.8 Å². The number of sulfonamides is 1. The van der Waals surface area contributed by atoms with Gasteiger partial charge in [-0.1, -0.05) is 31.0 Å². The highest BCUT2D eigenvalue weighted by atomic mass is 32.2. The van der Waals surface area contributed by atoms with Crippen molar-refractivity contribution in [3.63, 3.8) is 0 Å². The highest BCUT2D eigenvalue weighted by molar-refractivity contribution is 7.89. The molecule has 0 unspecified atom stereocenters. The third kappa shape index (κ3) is 5.49. The molecule has 1 aromatic heterocycles. The van der Waals surface area contributed by atoms with Crippen molar-refractivity contribution in [1.82, 2.24) is 9.29 Å². The summed E-state index contributed by atoms with van der Waals surface area (Å²) in [6.45, 7) is 0.969. The number of nitrogens with one attached hydrogen (secondary N) is 2. The van der Waals surface area contributed by atoms with Gasteiger partial charge < -0.3 is 10.6 Å². The van der Waals surface area contributed by atoms with Crippen LogP contribution in [0.3, 0.4) is 0 Å². The van der Waals surface area contributed by atoms with Gasteiger partial charge in [-0.15, -0.1) is 0 Å². The molecule has 2 heterocycles. The van der Waals surface area contributed by atoms with Crippen LogP contribution >= 0.6 is 0 Å². The summed E-state index contributed by atoms with van der Waals surface area (Å²) in [6, 6.07) is 16.0. The first-order valence-electron chi connectivity index (χ1n) is 11.2. The normalized spacial score (nSPS) is 14.7. The van der Waals surface area contributed by atoms with E-state index in [2.05, 4.69) is 15.6 Å². The first kappa shape index (κ1) is 23.6. The second-order valence-corrected chi connectivity index (χ2v) is 9.98. The zero-order valence-electron chi connectivity index (χ0n) is 18.6. The van der Waals surface area contributed by atoms with Gasteiger partial charge in [-0.05, 0) is 55.3 Å². The highest BCUT2D eigenvalue weighted by Gasteiger charge is 2.26. The lowest BCUT2D eigenvalue weighted by molar-refractivity contribution is 0.102. The van der Waals surface area contributed by atoms with Gasteiger partial charge in [0.2, 0.25) is 10.0 Å². The molecule has 2 amide bonds. The predicted octanol–water partition coefficient (Wildman–Crippen LogP) is 4.15. The van der Waals surface area contributed by atoms with Crippen molar-refractivity contribution in [3.8, 4) is 0 Å². The maximum absolute atomic E-state index is 13.1. The molecule has 1 aliphatic heterocycles. The Morgan fingerprint density at radius 3 is 2.32 bits per heavy atom. The smallest absolute Gasteiger partial charge is 0.257 e. The fourth-order valence-electron chi connectivity index (χ4n) is 3.85. The van der Waals surface area contributed by atoms with Crippen molar-refractivity contribution in [2.75, 3.05) is 23.7 Å². The van der Waals surface area contributed by atoms with E-state index in [1.54, 1.807) is 54.7 Å². The summed E-state index contributed by atoms with van der Waals surface area (Å²) in [7, 11) is -3.69. The summed E-state index contributed by atoms with van der Waals surface area (Å²) in [4.78, 5) is 29.8. The molecule has 1 fully saturated rings. The van der Waals surface area contributed by atoms with Gasteiger partial charge in [0, 0.05) is 24.8 Å². The Morgan fingerprint density at radius 1 is 0.824 bits per heavy atom. The lowest BCUT2D eigenvalue weighted by Gasteiger charge is -2.20. The fourth-order valence-corrected chi connectivity index (χ4v) is 5.41. The molecule has 0 radical (unpaired) electrons. The SMILES string of the molecule is O=C(Nc1ccccc1C(=O)Nc1cccnc1)c1cccc(S(=O)(=O)N2CCCCCC2)c1. The maximum Gasteiger partial charge on any atom is 0.257 e. The van der Waals surface area contributed by atoms with Gasteiger partial charge in [-0.3, -0.25) is 14.6 Å². The number of hydrogen-bond acceptors (Lipinski definition) is 5. The number of para-hydroxylation sites is 1. The Balaban J connectivity index is 1.53. The van der Waals surface area contributed by atoms with Gasteiger partial charge in [0.1, 0.15) is 0 Å². The Morgan fingerprint density at radius 2 is 1.59 bits per heavy atom. The topological polar surface area (TPSA) is 108 Å². The number of amides is 2. The third-order valence-corrected chi connectivity index (χ3v) is 7.53. The molecule has 176 valence electrons. The molecule has 4 rings (SSSR count). The molecular formula is C25H26N4O4S. The molecule has 0 bridgehead atoms. The number of anilines is 2. The van der Waals surface area contributed by atoms with Crippen molar-refractivity contribution >= 4 is 33.2 Å². The van der Waals surface area contributed by atoms with Gasteiger partial charge in [-0.2, -0.15) is 4.31 Å². The third-order valence-electron chi connectivity index (χ3n) is 5.64. The van der Waals surface area contributed by atoms with Crippen LogP contribution in [0.25, 0.3) is 0 Å². The van der Waals surface area contributed by atoms with E-state index >= 15 is 0 Å².